The van der Waals surface area contributed by atoms with E-state index in [1.807, 2.05) is 0 Å². The lowest BCUT2D eigenvalue weighted by atomic mass is 10.1. The normalized spacial score (nSPS) is 20.4. The number of nitrogens with two attached hydrogens (primary N) is 1. The zero-order valence-corrected chi connectivity index (χ0v) is 8.23. The zero-order valence-electron chi connectivity index (χ0n) is 8.23. The van der Waals surface area contributed by atoms with Crippen molar-refractivity contribution in [3.8, 4) is 0 Å². The first kappa shape index (κ1) is 9.21. The lowest BCUT2D eigenvalue weighted by Gasteiger charge is -2.10. The van der Waals surface area contributed by atoms with Crippen LogP contribution in [0, 0.1) is 6.92 Å². The summed E-state index contributed by atoms with van der Waals surface area (Å²) < 4.78 is 5.56. The van der Waals surface area contributed by atoms with Crippen LogP contribution in [0.15, 0.2) is 29.3 Å². The quantitative estimate of drug-likeness (QED) is 0.766. The first-order chi connectivity index (χ1) is 6.79. The number of aryl methyl sites for hydroxylation is 1. The molecule has 1 unspecified atom stereocenters. The van der Waals surface area contributed by atoms with E-state index in [1.54, 1.807) is 0 Å². The van der Waals surface area contributed by atoms with Crippen LogP contribution < -0.4 is 5.73 Å². The lowest BCUT2D eigenvalue weighted by Crippen LogP contribution is -2.14. The largest absolute Gasteiger partial charge is 0.470 e. The number of nitrogens with zero attached hydrogens (tertiary/aromatic N) is 1. The van der Waals surface area contributed by atoms with Crippen LogP contribution in [-0.4, -0.2) is 19.0 Å². The molecule has 1 aromatic carbocycles. The topological polar surface area (TPSA) is 47.6 Å². The summed E-state index contributed by atoms with van der Waals surface area (Å²) in [7, 11) is 0. The smallest absolute Gasteiger partial charge is 0.198 e. The Bertz CT molecular complexity index is 343. The van der Waals surface area contributed by atoms with Gasteiger partial charge in [0.25, 0.3) is 0 Å². The fraction of sp³-hybridized carbons (Fsp3) is 0.364. The maximum absolute atomic E-state index is 5.56. The van der Waals surface area contributed by atoms with Gasteiger partial charge in [0.05, 0.1) is 13.1 Å². The van der Waals surface area contributed by atoms with Gasteiger partial charge in [0, 0.05) is 0 Å². The summed E-state index contributed by atoms with van der Waals surface area (Å²) in [5.41, 5.74) is 7.87. The van der Waals surface area contributed by atoms with E-state index in [-0.39, 0.29) is 6.10 Å². The number of benzene rings is 1. The first-order valence-electron chi connectivity index (χ1n) is 4.76. The maximum atomic E-state index is 5.56. The van der Waals surface area contributed by atoms with Crippen LogP contribution >= 0.6 is 0 Å². The van der Waals surface area contributed by atoms with Gasteiger partial charge in [-0.15, -0.1) is 0 Å². The van der Waals surface area contributed by atoms with E-state index in [0.717, 1.165) is 0 Å². The van der Waals surface area contributed by atoms with E-state index in [0.29, 0.717) is 19.0 Å². The van der Waals surface area contributed by atoms with Gasteiger partial charge in [-0.1, -0.05) is 29.8 Å². The Hall–Kier alpha value is -1.35. The molecule has 0 aliphatic carbocycles. The summed E-state index contributed by atoms with van der Waals surface area (Å²) in [6.07, 6.45) is 0.0640. The maximum Gasteiger partial charge on any atom is 0.198 e. The molecule has 0 radical (unpaired) electrons. The summed E-state index contributed by atoms with van der Waals surface area (Å²) in [5, 5.41) is 0. The molecule has 0 amide bonds. The average molecular weight is 190 g/mol. The summed E-state index contributed by atoms with van der Waals surface area (Å²) in [6.45, 7) is 3.15. The highest BCUT2D eigenvalue weighted by molar-refractivity contribution is 5.79. The number of hydrogen-bond acceptors (Lipinski definition) is 3. The summed E-state index contributed by atoms with van der Waals surface area (Å²) in [4.78, 5) is 4.20. The van der Waals surface area contributed by atoms with Crippen LogP contribution in [0.3, 0.4) is 0 Å². The Morgan fingerprint density at radius 1 is 1.43 bits per heavy atom. The molecule has 74 valence electrons. The number of ether oxygens (including phenoxy) is 1. The Balaban J connectivity index is 2.08. The molecule has 14 heavy (non-hydrogen) atoms. The van der Waals surface area contributed by atoms with E-state index in [9.17, 15) is 0 Å². The Morgan fingerprint density at radius 3 is 2.71 bits per heavy atom. The van der Waals surface area contributed by atoms with Gasteiger partial charge >= 0.3 is 0 Å². The Kier molecular flexibility index (Phi) is 2.50. The first-order valence-corrected chi connectivity index (χ1v) is 4.76. The molecule has 1 atom stereocenters. The number of aliphatic imine (C=N–C) groups is 1. The number of rotatable bonds is 2. The van der Waals surface area contributed by atoms with Gasteiger partial charge in [-0.05, 0) is 12.5 Å². The Morgan fingerprint density at radius 2 is 2.14 bits per heavy atom. The molecule has 1 heterocycles. The predicted octanol–water partition coefficient (Wildman–Crippen LogP) is 1.42. The highest BCUT2D eigenvalue weighted by atomic mass is 16.5. The van der Waals surface area contributed by atoms with Crippen LogP contribution in [0.1, 0.15) is 17.2 Å². The molecule has 3 nitrogen and oxygen atoms in total. The van der Waals surface area contributed by atoms with Gasteiger partial charge in [0.2, 0.25) is 0 Å². The van der Waals surface area contributed by atoms with E-state index < -0.39 is 0 Å². The third-order valence-corrected chi connectivity index (χ3v) is 2.34. The lowest BCUT2D eigenvalue weighted by molar-refractivity contribution is 0.226. The molecule has 1 aromatic rings. The fourth-order valence-electron chi connectivity index (χ4n) is 1.49. The third kappa shape index (κ3) is 1.77. The van der Waals surface area contributed by atoms with Crippen molar-refractivity contribution in [2.45, 2.75) is 13.0 Å². The third-order valence-electron chi connectivity index (χ3n) is 2.34. The monoisotopic (exact) mass is 190 g/mol. The molecule has 0 spiro atoms. The second kappa shape index (κ2) is 3.80. The van der Waals surface area contributed by atoms with E-state index in [2.05, 4.69) is 36.2 Å². The fourth-order valence-corrected chi connectivity index (χ4v) is 1.49. The van der Waals surface area contributed by atoms with Crippen LogP contribution in [-0.2, 0) is 4.74 Å². The summed E-state index contributed by atoms with van der Waals surface area (Å²) in [6, 6.07) is 8.32. The molecule has 0 saturated heterocycles. The van der Waals surface area contributed by atoms with Crippen LogP contribution in [0.25, 0.3) is 0 Å². The molecule has 1 aliphatic heterocycles. The van der Waals surface area contributed by atoms with Crippen molar-refractivity contribution in [1.82, 2.24) is 0 Å². The van der Waals surface area contributed by atoms with Gasteiger partial charge < -0.3 is 10.5 Å². The molecule has 0 aromatic heterocycles. The standard InChI is InChI=1S/C11H14N2O/c1-8-2-4-9(5-3-8)10-7-13-11(6-12)14-10/h2-5,10H,6-7,12H2,1H3. The SMILES string of the molecule is Cc1ccc(C2CN=C(CN)O2)cc1. The zero-order chi connectivity index (χ0) is 9.97. The molecule has 3 heteroatoms. The molecule has 0 bridgehead atoms. The second-order valence-corrected chi connectivity index (χ2v) is 3.46. The summed E-state index contributed by atoms with van der Waals surface area (Å²) in [5.74, 6) is 0.663. The van der Waals surface area contributed by atoms with E-state index >= 15 is 0 Å². The minimum atomic E-state index is 0.0640. The van der Waals surface area contributed by atoms with Crippen molar-refractivity contribution in [2.24, 2.45) is 10.7 Å². The van der Waals surface area contributed by atoms with E-state index in [4.69, 9.17) is 10.5 Å². The van der Waals surface area contributed by atoms with Gasteiger partial charge in [0.15, 0.2) is 5.90 Å². The van der Waals surface area contributed by atoms with Crippen molar-refractivity contribution in [2.75, 3.05) is 13.1 Å². The predicted molar refractivity (Wildman–Crippen MR) is 56.4 cm³/mol. The van der Waals surface area contributed by atoms with Crippen molar-refractivity contribution < 1.29 is 4.74 Å². The van der Waals surface area contributed by atoms with Gasteiger partial charge in [-0.3, -0.25) is 4.99 Å². The van der Waals surface area contributed by atoms with Gasteiger partial charge in [-0.2, -0.15) is 0 Å². The minimum Gasteiger partial charge on any atom is -0.470 e. The second-order valence-electron chi connectivity index (χ2n) is 3.46. The van der Waals surface area contributed by atoms with Crippen molar-refractivity contribution in [3.63, 3.8) is 0 Å². The highest BCUT2D eigenvalue weighted by Crippen LogP contribution is 2.22. The molecule has 0 fully saturated rings. The van der Waals surface area contributed by atoms with Crippen LogP contribution in [0.2, 0.25) is 0 Å². The molecular weight excluding hydrogens is 176 g/mol. The molecule has 0 saturated carbocycles. The average Bonchev–Trinajstić information content (AvgIpc) is 2.67. The van der Waals surface area contributed by atoms with Crippen LogP contribution in [0.5, 0.6) is 0 Å². The van der Waals surface area contributed by atoms with Gasteiger partial charge in [-0.25, -0.2) is 0 Å². The highest BCUT2D eigenvalue weighted by Gasteiger charge is 2.19. The van der Waals surface area contributed by atoms with Gasteiger partial charge in [0.1, 0.15) is 6.10 Å². The molecular formula is C11H14N2O. The minimum absolute atomic E-state index is 0.0640. The van der Waals surface area contributed by atoms with Crippen molar-refractivity contribution in [1.29, 1.82) is 0 Å². The molecule has 2 rings (SSSR count). The van der Waals surface area contributed by atoms with Crippen LogP contribution in [0.4, 0.5) is 0 Å². The molecule has 2 N–H and O–H groups in total. The molecule has 1 aliphatic rings. The summed E-state index contributed by atoms with van der Waals surface area (Å²) >= 11 is 0. The van der Waals surface area contributed by atoms with Crippen molar-refractivity contribution >= 4 is 5.90 Å². The Labute approximate surface area is 83.6 Å². The number of hydrogen-bond donors (Lipinski definition) is 1. The van der Waals surface area contributed by atoms with E-state index in [1.165, 1.54) is 11.1 Å². The van der Waals surface area contributed by atoms with Crippen molar-refractivity contribution in [3.05, 3.63) is 35.4 Å².